The lowest BCUT2D eigenvalue weighted by Crippen LogP contribution is -2.24. The highest BCUT2D eigenvalue weighted by Crippen LogP contribution is 2.19. The summed E-state index contributed by atoms with van der Waals surface area (Å²) in [6.07, 6.45) is 4.26. The molecule has 0 spiro atoms. The van der Waals surface area contributed by atoms with Gasteiger partial charge in [0.25, 0.3) is 5.89 Å². The Labute approximate surface area is 133 Å². The minimum absolute atomic E-state index is 0.294. The summed E-state index contributed by atoms with van der Waals surface area (Å²) in [5.41, 5.74) is 1.70. The molecule has 0 aliphatic rings. The van der Waals surface area contributed by atoms with Gasteiger partial charge < -0.3 is 9.84 Å². The molecule has 0 bridgehead atoms. The van der Waals surface area contributed by atoms with E-state index in [0.29, 0.717) is 29.2 Å². The molecule has 0 radical (unpaired) electrons. The summed E-state index contributed by atoms with van der Waals surface area (Å²) in [4.78, 5) is 4.40. The molecular weight excluding hydrogens is 302 g/mol. The molecule has 7 heteroatoms. The van der Waals surface area contributed by atoms with Gasteiger partial charge in [-0.2, -0.15) is 10.1 Å². The van der Waals surface area contributed by atoms with Gasteiger partial charge in [0.15, 0.2) is 5.82 Å². The van der Waals surface area contributed by atoms with E-state index >= 15 is 0 Å². The first-order chi connectivity index (χ1) is 10.7. The quantitative estimate of drug-likeness (QED) is 0.783. The second-order valence-corrected chi connectivity index (χ2v) is 5.50. The normalized spacial score (nSPS) is 12.5. The molecule has 2 aromatic heterocycles. The van der Waals surface area contributed by atoms with Crippen molar-refractivity contribution in [3.8, 4) is 17.1 Å². The number of halogens is 1. The van der Waals surface area contributed by atoms with Crippen molar-refractivity contribution >= 4 is 11.6 Å². The van der Waals surface area contributed by atoms with Gasteiger partial charge in [0.2, 0.25) is 0 Å². The molecule has 1 N–H and O–H groups in total. The standard InChI is InChI=1S/C15H16ClN5O/c1-10(17-2)7-14-19-15(22-20-14)11-8-18-21(9-11)13-5-3-12(16)4-6-13/h3-6,8-10,17H,7H2,1-2H3. The van der Waals surface area contributed by atoms with Crippen LogP contribution in [-0.2, 0) is 6.42 Å². The summed E-state index contributed by atoms with van der Waals surface area (Å²) < 4.78 is 7.04. The lowest BCUT2D eigenvalue weighted by Gasteiger charge is -2.04. The fourth-order valence-corrected chi connectivity index (χ4v) is 2.12. The maximum absolute atomic E-state index is 5.89. The van der Waals surface area contributed by atoms with Crippen molar-refractivity contribution in [3.63, 3.8) is 0 Å². The van der Waals surface area contributed by atoms with Crippen molar-refractivity contribution in [1.82, 2.24) is 25.2 Å². The van der Waals surface area contributed by atoms with Crippen LogP contribution in [0.3, 0.4) is 0 Å². The van der Waals surface area contributed by atoms with E-state index in [0.717, 1.165) is 11.3 Å². The van der Waals surface area contributed by atoms with Gasteiger partial charge >= 0.3 is 0 Å². The third-order valence-corrected chi connectivity index (χ3v) is 3.62. The maximum atomic E-state index is 5.89. The van der Waals surface area contributed by atoms with Crippen molar-refractivity contribution in [3.05, 3.63) is 47.5 Å². The highest BCUT2D eigenvalue weighted by molar-refractivity contribution is 6.30. The van der Waals surface area contributed by atoms with E-state index in [2.05, 4.69) is 27.5 Å². The SMILES string of the molecule is CNC(C)Cc1noc(-c2cnn(-c3ccc(Cl)cc3)c2)n1. The van der Waals surface area contributed by atoms with Crippen LogP contribution in [0, 0.1) is 0 Å². The van der Waals surface area contributed by atoms with Gasteiger partial charge in [-0.05, 0) is 38.2 Å². The van der Waals surface area contributed by atoms with E-state index in [1.807, 2.05) is 37.5 Å². The predicted molar refractivity (Wildman–Crippen MR) is 84.1 cm³/mol. The average Bonchev–Trinajstić information content (AvgIpc) is 3.17. The number of nitrogens with zero attached hydrogens (tertiary/aromatic N) is 4. The Bertz CT molecular complexity index is 749. The Kier molecular flexibility index (Phi) is 4.22. The lowest BCUT2D eigenvalue weighted by atomic mass is 10.2. The topological polar surface area (TPSA) is 68.8 Å². The molecule has 0 saturated carbocycles. The number of nitrogens with one attached hydrogen (secondary N) is 1. The Morgan fingerprint density at radius 1 is 1.32 bits per heavy atom. The van der Waals surface area contributed by atoms with Crippen LogP contribution in [0.25, 0.3) is 17.1 Å². The van der Waals surface area contributed by atoms with Gasteiger partial charge in [0, 0.05) is 23.7 Å². The minimum atomic E-state index is 0.294. The highest BCUT2D eigenvalue weighted by Gasteiger charge is 2.13. The Hall–Kier alpha value is -2.18. The molecule has 3 aromatic rings. The number of hydrogen-bond acceptors (Lipinski definition) is 5. The first kappa shape index (κ1) is 14.7. The summed E-state index contributed by atoms with van der Waals surface area (Å²) in [6.45, 7) is 2.06. The van der Waals surface area contributed by atoms with E-state index in [4.69, 9.17) is 16.1 Å². The summed E-state index contributed by atoms with van der Waals surface area (Å²) in [5, 5.41) is 12.1. The van der Waals surface area contributed by atoms with Gasteiger partial charge in [-0.15, -0.1) is 0 Å². The number of hydrogen-bond donors (Lipinski definition) is 1. The maximum Gasteiger partial charge on any atom is 0.261 e. The summed E-state index contributed by atoms with van der Waals surface area (Å²) >= 11 is 5.89. The zero-order valence-corrected chi connectivity index (χ0v) is 13.1. The molecule has 0 amide bonds. The second-order valence-electron chi connectivity index (χ2n) is 5.06. The van der Waals surface area contributed by atoms with Gasteiger partial charge in [0.05, 0.1) is 17.4 Å². The second kappa shape index (κ2) is 6.29. The van der Waals surface area contributed by atoms with Crippen LogP contribution in [0.4, 0.5) is 0 Å². The van der Waals surface area contributed by atoms with Crippen LogP contribution in [-0.4, -0.2) is 33.0 Å². The first-order valence-electron chi connectivity index (χ1n) is 6.96. The molecule has 22 heavy (non-hydrogen) atoms. The molecular formula is C15H16ClN5O. The van der Waals surface area contributed by atoms with Crippen molar-refractivity contribution in [2.24, 2.45) is 0 Å². The molecule has 0 aliphatic carbocycles. The smallest absolute Gasteiger partial charge is 0.261 e. The molecule has 1 aromatic carbocycles. The fourth-order valence-electron chi connectivity index (χ4n) is 2.00. The third kappa shape index (κ3) is 3.18. The predicted octanol–water partition coefficient (Wildman–Crippen LogP) is 2.73. The fraction of sp³-hybridized carbons (Fsp3) is 0.267. The molecule has 6 nitrogen and oxygen atoms in total. The van der Waals surface area contributed by atoms with Crippen LogP contribution < -0.4 is 5.32 Å². The van der Waals surface area contributed by atoms with Crippen molar-refractivity contribution in [2.45, 2.75) is 19.4 Å². The zero-order chi connectivity index (χ0) is 15.5. The molecule has 114 valence electrons. The van der Waals surface area contributed by atoms with E-state index in [9.17, 15) is 0 Å². The largest absolute Gasteiger partial charge is 0.334 e. The summed E-state index contributed by atoms with van der Waals surface area (Å²) in [7, 11) is 1.90. The van der Waals surface area contributed by atoms with Gasteiger partial charge in [-0.25, -0.2) is 4.68 Å². The highest BCUT2D eigenvalue weighted by atomic mass is 35.5. The molecule has 0 fully saturated rings. The van der Waals surface area contributed by atoms with Crippen LogP contribution in [0.15, 0.2) is 41.2 Å². The number of aromatic nitrogens is 4. The number of rotatable bonds is 5. The van der Waals surface area contributed by atoms with E-state index in [1.54, 1.807) is 10.9 Å². The Balaban J connectivity index is 1.80. The van der Waals surface area contributed by atoms with E-state index in [-0.39, 0.29) is 0 Å². The summed E-state index contributed by atoms with van der Waals surface area (Å²) in [6, 6.07) is 7.73. The van der Waals surface area contributed by atoms with Crippen LogP contribution in [0.1, 0.15) is 12.7 Å². The van der Waals surface area contributed by atoms with Gasteiger partial charge in [-0.3, -0.25) is 0 Å². The van der Waals surface area contributed by atoms with Crippen molar-refractivity contribution in [1.29, 1.82) is 0 Å². The molecule has 1 unspecified atom stereocenters. The minimum Gasteiger partial charge on any atom is -0.334 e. The number of likely N-dealkylation sites (N-methyl/N-ethyl adjacent to an activating group) is 1. The Morgan fingerprint density at radius 3 is 2.82 bits per heavy atom. The molecule has 0 saturated heterocycles. The Morgan fingerprint density at radius 2 is 2.09 bits per heavy atom. The molecule has 2 heterocycles. The van der Waals surface area contributed by atoms with Gasteiger partial charge in [0.1, 0.15) is 0 Å². The molecule has 0 aliphatic heterocycles. The molecule has 1 atom stereocenters. The van der Waals surface area contributed by atoms with E-state index in [1.165, 1.54) is 0 Å². The van der Waals surface area contributed by atoms with Crippen molar-refractivity contribution in [2.75, 3.05) is 7.05 Å². The van der Waals surface area contributed by atoms with Gasteiger partial charge in [-0.1, -0.05) is 16.8 Å². The monoisotopic (exact) mass is 317 g/mol. The first-order valence-corrected chi connectivity index (χ1v) is 7.34. The third-order valence-electron chi connectivity index (χ3n) is 3.37. The van der Waals surface area contributed by atoms with Crippen molar-refractivity contribution < 1.29 is 4.52 Å². The number of benzene rings is 1. The zero-order valence-electron chi connectivity index (χ0n) is 12.3. The van der Waals surface area contributed by atoms with E-state index < -0.39 is 0 Å². The molecule has 3 rings (SSSR count). The lowest BCUT2D eigenvalue weighted by molar-refractivity contribution is 0.418. The van der Waals surface area contributed by atoms with Crippen LogP contribution in [0.5, 0.6) is 0 Å². The van der Waals surface area contributed by atoms with Crippen LogP contribution in [0.2, 0.25) is 5.02 Å². The summed E-state index contributed by atoms with van der Waals surface area (Å²) in [5.74, 6) is 1.15. The van der Waals surface area contributed by atoms with Crippen LogP contribution >= 0.6 is 11.6 Å². The average molecular weight is 318 g/mol.